The van der Waals surface area contributed by atoms with Gasteiger partial charge < -0.3 is 10.1 Å². The van der Waals surface area contributed by atoms with E-state index in [9.17, 15) is 4.79 Å². The zero-order valence-electron chi connectivity index (χ0n) is 14.1. The van der Waals surface area contributed by atoms with Crippen LogP contribution in [0.5, 0.6) is 0 Å². The number of pyridine rings is 1. The van der Waals surface area contributed by atoms with E-state index in [0.717, 1.165) is 23.7 Å². The highest BCUT2D eigenvalue weighted by atomic mass is 35.5. The highest BCUT2D eigenvalue weighted by Crippen LogP contribution is 2.13. The third-order valence-corrected chi connectivity index (χ3v) is 3.30. The number of amides is 1. The van der Waals surface area contributed by atoms with Gasteiger partial charge in [0.1, 0.15) is 11.4 Å². The average molecular weight is 348 g/mol. The van der Waals surface area contributed by atoms with E-state index >= 15 is 0 Å². The fourth-order valence-corrected chi connectivity index (χ4v) is 2.11. The van der Waals surface area contributed by atoms with Crippen molar-refractivity contribution >= 4 is 29.2 Å². The summed E-state index contributed by atoms with van der Waals surface area (Å²) in [6.07, 6.45) is 2.04. The van der Waals surface area contributed by atoms with E-state index in [1.165, 1.54) is 5.56 Å². The first-order valence-electron chi connectivity index (χ1n) is 7.76. The molecule has 0 saturated carbocycles. The zero-order valence-corrected chi connectivity index (χ0v) is 14.9. The third-order valence-electron chi connectivity index (χ3n) is 3.05. The van der Waals surface area contributed by atoms with Crippen LogP contribution in [-0.2, 0) is 11.2 Å². The maximum Gasteiger partial charge on any atom is 0.413 e. The Morgan fingerprint density at radius 1 is 1.17 bits per heavy atom. The van der Waals surface area contributed by atoms with E-state index in [1.807, 2.05) is 51.1 Å². The summed E-state index contributed by atoms with van der Waals surface area (Å²) in [6, 6.07) is 11.4. The normalized spacial score (nSPS) is 11.0. The first kappa shape index (κ1) is 18.1. The Balaban J connectivity index is 1.79. The van der Waals surface area contributed by atoms with Crippen LogP contribution in [0.3, 0.4) is 0 Å². The highest BCUT2D eigenvalue weighted by molar-refractivity contribution is 6.30. The summed E-state index contributed by atoms with van der Waals surface area (Å²) in [4.78, 5) is 15.9. The quantitative estimate of drug-likeness (QED) is 0.820. The first-order chi connectivity index (χ1) is 11.3. The summed E-state index contributed by atoms with van der Waals surface area (Å²) in [5, 5.41) is 6.63. The molecule has 1 amide bonds. The fourth-order valence-electron chi connectivity index (χ4n) is 1.98. The molecule has 1 aromatic heterocycles. The van der Waals surface area contributed by atoms with Gasteiger partial charge in [0, 0.05) is 11.6 Å². The van der Waals surface area contributed by atoms with E-state index in [-0.39, 0.29) is 0 Å². The molecule has 2 N–H and O–H groups in total. The highest BCUT2D eigenvalue weighted by Gasteiger charge is 2.16. The molecule has 24 heavy (non-hydrogen) atoms. The number of nitrogens with one attached hydrogen (secondary N) is 2. The topological polar surface area (TPSA) is 63.2 Å². The number of hydrogen-bond donors (Lipinski definition) is 2. The largest absolute Gasteiger partial charge is 0.444 e. The van der Waals surface area contributed by atoms with Crippen molar-refractivity contribution in [2.24, 2.45) is 0 Å². The van der Waals surface area contributed by atoms with E-state index in [4.69, 9.17) is 16.3 Å². The molecule has 2 rings (SSSR count). The van der Waals surface area contributed by atoms with Crippen LogP contribution in [-0.4, -0.2) is 23.2 Å². The van der Waals surface area contributed by atoms with Gasteiger partial charge >= 0.3 is 6.09 Å². The Labute approximate surface area is 147 Å². The third kappa shape index (κ3) is 6.46. The minimum Gasteiger partial charge on any atom is -0.444 e. The number of ether oxygens (including phenoxy) is 1. The Morgan fingerprint density at radius 3 is 2.46 bits per heavy atom. The average Bonchev–Trinajstić information content (AvgIpc) is 2.49. The number of halogens is 1. The molecule has 0 unspecified atom stereocenters. The lowest BCUT2D eigenvalue weighted by atomic mass is 10.1. The van der Waals surface area contributed by atoms with Crippen LogP contribution in [0.1, 0.15) is 26.3 Å². The van der Waals surface area contributed by atoms with Crippen molar-refractivity contribution in [1.29, 1.82) is 0 Å². The van der Waals surface area contributed by atoms with E-state index in [2.05, 4.69) is 15.6 Å². The van der Waals surface area contributed by atoms with Crippen LogP contribution in [0.25, 0.3) is 0 Å². The number of nitrogens with zero attached hydrogens (tertiary/aromatic N) is 1. The van der Waals surface area contributed by atoms with Gasteiger partial charge in [-0.3, -0.25) is 5.32 Å². The smallest absolute Gasteiger partial charge is 0.413 e. The van der Waals surface area contributed by atoms with Gasteiger partial charge in [0.15, 0.2) is 0 Å². The Bertz CT molecular complexity index is 664. The number of anilines is 2. The zero-order chi connectivity index (χ0) is 17.6. The van der Waals surface area contributed by atoms with Crippen molar-refractivity contribution in [3.05, 3.63) is 53.2 Å². The molecular weight excluding hydrogens is 326 g/mol. The summed E-state index contributed by atoms with van der Waals surface area (Å²) in [6.45, 7) is 6.22. The van der Waals surface area contributed by atoms with Crippen molar-refractivity contribution in [2.75, 3.05) is 17.2 Å². The molecule has 0 bridgehead atoms. The second kappa shape index (κ2) is 8.02. The molecule has 2 aromatic rings. The summed E-state index contributed by atoms with van der Waals surface area (Å²) in [7, 11) is 0. The molecule has 0 aliphatic rings. The lowest BCUT2D eigenvalue weighted by Gasteiger charge is -2.19. The van der Waals surface area contributed by atoms with Gasteiger partial charge in [-0.1, -0.05) is 23.7 Å². The van der Waals surface area contributed by atoms with E-state index < -0.39 is 11.7 Å². The molecular formula is C18H22ClN3O2. The summed E-state index contributed by atoms with van der Waals surface area (Å²) in [5.74, 6) is 0.451. The molecule has 0 aliphatic heterocycles. The Morgan fingerprint density at radius 2 is 1.88 bits per heavy atom. The van der Waals surface area contributed by atoms with Gasteiger partial charge in [0.05, 0.1) is 11.9 Å². The fraction of sp³-hybridized carbons (Fsp3) is 0.333. The maximum atomic E-state index is 11.7. The number of hydrogen-bond acceptors (Lipinski definition) is 4. The van der Waals surface area contributed by atoms with Gasteiger partial charge in [0.2, 0.25) is 0 Å². The minimum atomic E-state index is -0.534. The number of carbonyl (C=O) groups excluding carboxylic acids is 1. The molecule has 0 spiro atoms. The minimum absolute atomic E-state index is 0.451. The van der Waals surface area contributed by atoms with Crippen molar-refractivity contribution in [2.45, 2.75) is 32.8 Å². The monoisotopic (exact) mass is 347 g/mol. The second-order valence-electron chi connectivity index (χ2n) is 6.36. The van der Waals surface area contributed by atoms with Crippen molar-refractivity contribution in [3.8, 4) is 0 Å². The van der Waals surface area contributed by atoms with Gasteiger partial charge in [-0.25, -0.2) is 9.78 Å². The lowest BCUT2D eigenvalue weighted by molar-refractivity contribution is 0.0635. The molecule has 1 heterocycles. The SMILES string of the molecule is CC(C)(C)OC(=O)Nc1ccc(NCCc2ccc(Cl)cc2)cn1. The van der Waals surface area contributed by atoms with E-state index in [1.54, 1.807) is 12.3 Å². The molecule has 0 saturated heterocycles. The predicted molar refractivity (Wildman–Crippen MR) is 97.7 cm³/mol. The molecule has 0 atom stereocenters. The lowest BCUT2D eigenvalue weighted by Crippen LogP contribution is -2.27. The first-order valence-corrected chi connectivity index (χ1v) is 8.14. The molecule has 0 radical (unpaired) electrons. The molecule has 0 fully saturated rings. The van der Waals surface area contributed by atoms with Crippen molar-refractivity contribution < 1.29 is 9.53 Å². The summed E-state index contributed by atoms with van der Waals surface area (Å²) in [5.41, 5.74) is 1.56. The molecule has 128 valence electrons. The number of carbonyl (C=O) groups is 1. The van der Waals surface area contributed by atoms with Gasteiger partial charge in [-0.05, 0) is 57.0 Å². The molecule has 0 aliphatic carbocycles. The van der Waals surface area contributed by atoms with Gasteiger partial charge in [-0.2, -0.15) is 0 Å². The van der Waals surface area contributed by atoms with Gasteiger partial charge in [-0.15, -0.1) is 0 Å². The predicted octanol–water partition coefficient (Wildman–Crippen LogP) is 4.74. The second-order valence-corrected chi connectivity index (χ2v) is 6.80. The summed E-state index contributed by atoms with van der Waals surface area (Å²) >= 11 is 5.86. The Kier molecular flexibility index (Phi) is 6.04. The number of rotatable bonds is 5. The number of benzene rings is 1. The maximum absolute atomic E-state index is 11.7. The molecule has 6 heteroatoms. The summed E-state index contributed by atoms with van der Waals surface area (Å²) < 4.78 is 5.18. The molecule has 5 nitrogen and oxygen atoms in total. The Hall–Kier alpha value is -2.27. The van der Waals surface area contributed by atoms with Crippen LogP contribution in [0.15, 0.2) is 42.6 Å². The van der Waals surface area contributed by atoms with Crippen LogP contribution >= 0.6 is 11.6 Å². The molecule has 1 aromatic carbocycles. The van der Waals surface area contributed by atoms with Crippen molar-refractivity contribution in [3.63, 3.8) is 0 Å². The van der Waals surface area contributed by atoms with Crippen LogP contribution < -0.4 is 10.6 Å². The standard InChI is InChI=1S/C18H22ClN3O2/c1-18(2,3)24-17(23)22-16-9-8-15(12-21-16)20-11-10-13-4-6-14(19)7-5-13/h4-9,12,20H,10-11H2,1-3H3,(H,21,22,23). The van der Waals surface area contributed by atoms with Crippen LogP contribution in [0.2, 0.25) is 5.02 Å². The van der Waals surface area contributed by atoms with Gasteiger partial charge in [0.25, 0.3) is 0 Å². The van der Waals surface area contributed by atoms with Crippen molar-refractivity contribution in [1.82, 2.24) is 4.98 Å². The van der Waals surface area contributed by atoms with Crippen LogP contribution in [0.4, 0.5) is 16.3 Å². The van der Waals surface area contributed by atoms with Crippen LogP contribution in [0, 0.1) is 0 Å². The number of aromatic nitrogens is 1. The van der Waals surface area contributed by atoms with E-state index in [0.29, 0.717) is 5.82 Å².